The summed E-state index contributed by atoms with van der Waals surface area (Å²) in [6.07, 6.45) is 0.155. The molecule has 4 nitrogen and oxygen atoms in total. The van der Waals surface area contributed by atoms with E-state index in [1.165, 1.54) is 0 Å². The second-order valence-corrected chi connectivity index (χ2v) is 6.07. The zero-order chi connectivity index (χ0) is 15.9. The molecule has 2 aromatic rings. The highest BCUT2D eigenvalue weighted by Crippen LogP contribution is 2.16. The van der Waals surface area contributed by atoms with Crippen LogP contribution in [0.4, 0.5) is 0 Å². The van der Waals surface area contributed by atoms with E-state index in [0.29, 0.717) is 18.7 Å². The average Bonchev–Trinajstić information content (AvgIpc) is 2.52. The number of rotatable bonds is 6. The molecule has 0 bridgehead atoms. The van der Waals surface area contributed by atoms with E-state index in [0.717, 1.165) is 9.13 Å². The lowest BCUT2D eigenvalue weighted by Gasteiger charge is -2.23. The first-order valence-corrected chi connectivity index (χ1v) is 8.02. The smallest absolute Gasteiger partial charge is 0.255 e. The van der Waals surface area contributed by atoms with Crippen LogP contribution in [0.2, 0.25) is 0 Å². The summed E-state index contributed by atoms with van der Waals surface area (Å²) in [7, 11) is 0. The van der Waals surface area contributed by atoms with Crippen molar-refractivity contribution >= 4 is 34.4 Å². The Morgan fingerprint density at radius 2 is 1.64 bits per heavy atom. The van der Waals surface area contributed by atoms with E-state index < -0.39 is 5.91 Å². The standard InChI is InChI=1S/C17H17IN2O2/c18-15-9-5-4-8-14(15)17(22)20(11-10-16(19)21)12-13-6-2-1-3-7-13/h1-9H,10-12H2,(H2,19,21). The number of primary amides is 1. The zero-order valence-electron chi connectivity index (χ0n) is 12.0. The molecule has 0 radical (unpaired) electrons. The highest BCUT2D eigenvalue weighted by atomic mass is 127. The normalized spacial score (nSPS) is 10.2. The number of benzene rings is 2. The van der Waals surface area contributed by atoms with Gasteiger partial charge in [-0.05, 0) is 40.3 Å². The third kappa shape index (κ3) is 4.56. The van der Waals surface area contributed by atoms with Crippen LogP contribution in [0.15, 0.2) is 54.6 Å². The van der Waals surface area contributed by atoms with Crippen molar-refractivity contribution in [2.24, 2.45) is 5.73 Å². The number of nitrogens with zero attached hydrogens (tertiary/aromatic N) is 1. The van der Waals surface area contributed by atoms with Gasteiger partial charge in [0.05, 0.1) is 5.56 Å². The van der Waals surface area contributed by atoms with E-state index in [2.05, 4.69) is 22.6 Å². The second-order valence-electron chi connectivity index (χ2n) is 4.91. The minimum absolute atomic E-state index is 0.0879. The number of hydrogen-bond acceptors (Lipinski definition) is 2. The summed E-state index contributed by atoms with van der Waals surface area (Å²) in [5, 5.41) is 0. The summed E-state index contributed by atoms with van der Waals surface area (Å²) in [5.74, 6) is -0.497. The largest absolute Gasteiger partial charge is 0.370 e. The Balaban J connectivity index is 2.21. The maximum atomic E-state index is 12.8. The van der Waals surface area contributed by atoms with Gasteiger partial charge in [0.15, 0.2) is 0 Å². The van der Waals surface area contributed by atoms with Gasteiger partial charge in [-0.3, -0.25) is 9.59 Å². The van der Waals surface area contributed by atoms with Gasteiger partial charge >= 0.3 is 0 Å². The lowest BCUT2D eigenvalue weighted by atomic mass is 10.1. The molecule has 2 rings (SSSR count). The molecule has 2 amide bonds. The molecule has 0 aromatic heterocycles. The van der Waals surface area contributed by atoms with Crippen LogP contribution in [-0.4, -0.2) is 23.3 Å². The van der Waals surface area contributed by atoms with Crippen LogP contribution in [0.5, 0.6) is 0 Å². The summed E-state index contributed by atoms with van der Waals surface area (Å²) in [5.41, 5.74) is 6.89. The number of carbonyl (C=O) groups is 2. The number of halogens is 1. The molecule has 22 heavy (non-hydrogen) atoms. The summed E-state index contributed by atoms with van der Waals surface area (Å²) in [4.78, 5) is 25.5. The molecule has 0 aliphatic carbocycles. The van der Waals surface area contributed by atoms with Gasteiger partial charge in [0, 0.05) is 23.1 Å². The van der Waals surface area contributed by atoms with Crippen molar-refractivity contribution in [2.75, 3.05) is 6.54 Å². The first-order chi connectivity index (χ1) is 10.6. The average molecular weight is 408 g/mol. The number of nitrogens with two attached hydrogens (primary N) is 1. The quantitative estimate of drug-likeness (QED) is 0.748. The monoisotopic (exact) mass is 408 g/mol. The summed E-state index contributed by atoms with van der Waals surface area (Å²) in [6, 6.07) is 17.1. The molecule has 0 aliphatic heterocycles. The first-order valence-electron chi connectivity index (χ1n) is 6.94. The van der Waals surface area contributed by atoms with Crippen molar-refractivity contribution in [3.8, 4) is 0 Å². The fraction of sp³-hybridized carbons (Fsp3) is 0.176. The van der Waals surface area contributed by atoms with Gasteiger partial charge < -0.3 is 10.6 Å². The van der Waals surface area contributed by atoms with E-state index in [1.54, 1.807) is 11.0 Å². The number of amides is 2. The van der Waals surface area contributed by atoms with Gasteiger partial charge in [0.1, 0.15) is 0 Å². The SMILES string of the molecule is NC(=O)CCN(Cc1ccccc1)C(=O)c1ccccc1I. The summed E-state index contributed by atoms with van der Waals surface area (Å²) >= 11 is 2.14. The van der Waals surface area contributed by atoms with Crippen LogP contribution < -0.4 is 5.73 Å². The number of hydrogen-bond donors (Lipinski definition) is 1. The molecule has 0 spiro atoms. The third-order valence-electron chi connectivity index (χ3n) is 3.24. The summed E-state index contributed by atoms with van der Waals surface area (Å²) in [6.45, 7) is 0.770. The van der Waals surface area contributed by atoms with Crippen molar-refractivity contribution in [1.29, 1.82) is 0 Å². The Kier molecular flexibility index (Phi) is 5.94. The lowest BCUT2D eigenvalue weighted by Crippen LogP contribution is -2.34. The van der Waals surface area contributed by atoms with Gasteiger partial charge in [-0.1, -0.05) is 42.5 Å². The highest BCUT2D eigenvalue weighted by Gasteiger charge is 2.18. The van der Waals surface area contributed by atoms with E-state index in [4.69, 9.17) is 5.73 Å². The van der Waals surface area contributed by atoms with E-state index in [1.807, 2.05) is 48.5 Å². The third-order valence-corrected chi connectivity index (χ3v) is 4.18. The molecule has 0 saturated heterocycles. The molecule has 0 heterocycles. The van der Waals surface area contributed by atoms with E-state index in [-0.39, 0.29) is 12.3 Å². The van der Waals surface area contributed by atoms with Gasteiger partial charge in [-0.25, -0.2) is 0 Å². The van der Waals surface area contributed by atoms with Crippen molar-refractivity contribution < 1.29 is 9.59 Å². The fourth-order valence-corrected chi connectivity index (χ4v) is 2.72. The fourth-order valence-electron chi connectivity index (χ4n) is 2.11. The van der Waals surface area contributed by atoms with Crippen molar-refractivity contribution in [2.45, 2.75) is 13.0 Å². The van der Waals surface area contributed by atoms with Crippen LogP contribution >= 0.6 is 22.6 Å². The zero-order valence-corrected chi connectivity index (χ0v) is 14.2. The Labute approximate surface area is 143 Å². The molecule has 0 saturated carbocycles. The molecule has 5 heteroatoms. The van der Waals surface area contributed by atoms with Crippen molar-refractivity contribution in [1.82, 2.24) is 4.90 Å². The van der Waals surface area contributed by atoms with Crippen LogP contribution in [0, 0.1) is 3.57 Å². The van der Waals surface area contributed by atoms with E-state index >= 15 is 0 Å². The Morgan fingerprint density at radius 1 is 1.00 bits per heavy atom. The Hall–Kier alpha value is -1.89. The van der Waals surface area contributed by atoms with Crippen LogP contribution in [-0.2, 0) is 11.3 Å². The predicted molar refractivity (Wildman–Crippen MR) is 94.2 cm³/mol. The first kappa shape index (κ1) is 16.5. The van der Waals surface area contributed by atoms with Gasteiger partial charge in [-0.15, -0.1) is 0 Å². The van der Waals surface area contributed by atoms with Crippen LogP contribution in [0.25, 0.3) is 0 Å². The van der Waals surface area contributed by atoms with E-state index in [9.17, 15) is 9.59 Å². The minimum atomic E-state index is -0.409. The Morgan fingerprint density at radius 3 is 2.27 bits per heavy atom. The summed E-state index contributed by atoms with van der Waals surface area (Å²) < 4.78 is 0.891. The second kappa shape index (κ2) is 7.93. The van der Waals surface area contributed by atoms with Gasteiger partial charge in [0.2, 0.25) is 5.91 Å². The molecular formula is C17H17IN2O2. The minimum Gasteiger partial charge on any atom is -0.370 e. The maximum absolute atomic E-state index is 12.8. The highest BCUT2D eigenvalue weighted by molar-refractivity contribution is 14.1. The molecule has 2 N–H and O–H groups in total. The van der Waals surface area contributed by atoms with Gasteiger partial charge in [-0.2, -0.15) is 0 Å². The maximum Gasteiger partial charge on any atom is 0.255 e. The molecule has 0 atom stereocenters. The lowest BCUT2D eigenvalue weighted by molar-refractivity contribution is -0.118. The van der Waals surface area contributed by atoms with Gasteiger partial charge in [0.25, 0.3) is 5.91 Å². The molecule has 2 aromatic carbocycles. The molecule has 114 valence electrons. The molecule has 0 aliphatic rings. The van der Waals surface area contributed by atoms with Crippen LogP contribution in [0.3, 0.4) is 0 Å². The Bertz CT molecular complexity index is 659. The molecule has 0 unspecified atom stereocenters. The van der Waals surface area contributed by atoms with Crippen molar-refractivity contribution in [3.63, 3.8) is 0 Å². The van der Waals surface area contributed by atoms with Crippen molar-refractivity contribution in [3.05, 3.63) is 69.3 Å². The number of carbonyl (C=O) groups excluding carboxylic acids is 2. The predicted octanol–water partition coefficient (Wildman–Crippen LogP) is 2.81. The van der Waals surface area contributed by atoms with Crippen LogP contribution in [0.1, 0.15) is 22.3 Å². The molecular weight excluding hydrogens is 391 g/mol. The topological polar surface area (TPSA) is 63.4 Å². The molecule has 0 fully saturated rings.